The summed E-state index contributed by atoms with van der Waals surface area (Å²) in [7, 11) is 0. The molecular formula is C65H70O21. The Kier molecular flexibility index (Phi) is 17.1. The van der Waals surface area contributed by atoms with Crippen molar-refractivity contribution < 1.29 is 88.0 Å². The molecule has 0 unspecified atom stereocenters. The number of hydrogen-bond acceptors (Lipinski definition) is 21. The van der Waals surface area contributed by atoms with Gasteiger partial charge in [-0.25, -0.2) is 0 Å². The van der Waals surface area contributed by atoms with E-state index in [0.717, 1.165) is 48.5 Å². The van der Waals surface area contributed by atoms with Crippen LogP contribution in [0.1, 0.15) is 104 Å². The van der Waals surface area contributed by atoms with Gasteiger partial charge in [0.1, 0.15) is 95.4 Å². The molecule has 0 aliphatic carbocycles. The van der Waals surface area contributed by atoms with E-state index in [1.807, 2.05) is 122 Å². The molecule has 6 aromatic carbocycles. The van der Waals surface area contributed by atoms with Gasteiger partial charge in [0.15, 0.2) is 51.8 Å². The number of benzene rings is 6. The Bertz CT molecular complexity index is 4090. The van der Waals surface area contributed by atoms with E-state index in [1.54, 1.807) is 12.1 Å². The molecule has 86 heavy (non-hydrogen) atoms. The van der Waals surface area contributed by atoms with Crippen molar-refractivity contribution in [3.05, 3.63) is 122 Å². The van der Waals surface area contributed by atoms with E-state index >= 15 is 0 Å². The summed E-state index contributed by atoms with van der Waals surface area (Å²) in [6.07, 6.45) is 0. The monoisotopic (exact) mass is 1190 g/mol. The maximum absolute atomic E-state index is 14.3. The van der Waals surface area contributed by atoms with Crippen LogP contribution in [0.4, 0.5) is 0 Å². The maximum atomic E-state index is 14.3. The highest BCUT2D eigenvalue weighted by Gasteiger charge is 2.30. The van der Waals surface area contributed by atoms with E-state index in [1.165, 1.54) is 12.1 Å². The second-order valence-electron chi connectivity index (χ2n) is 24.9. The molecule has 0 bridgehead atoms. The van der Waals surface area contributed by atoms with Gasteiger partial charge in [-0.05, 0) is 158 Å². The zero-order valence-corrected chi connectivity index (χ0v) is 50.1. The lowest BCUT2D eigenvalue weighted by molar-refractivity contribution is 0.0958. The van der Waals surface area contributed by atoms with Crippen LogP contribution in [0, 0.1) is 0 Å². The van der Waals surface area contributed by atoms with Gasteiger partial charge in [-0.15, -0.1) is 0 Å². The number of rotatable bonds is 8. The molecule has 3 aromatic heterocycles. The van der Waals surface area contributed by atoms with Crippen LogP contribution in [0.15, 0.2) is 119 Å². The number of phenolic OH excluding ortho intramolecular Hbond substituents is 8. The molecule has 0 amide bonds. The zero-order valence-electron chi connectivity index (χ0n) is 50.1. The Morgan fingerprint density at radius 2 is 0.686 bits per heavy atom. The van der Waals surface area contributed by atoms with Crippen molar-refractivity contribution in [2.75, 3.05) is 0 Å². The average Bonchev–Trinajstić information content (AvgIpc) is 0.827. The summed E-state index contributed by atoms with van der Waals surface area (Å²) in [5.74, 6) is -3.06. The van der Waals surface area contributed by atoms with E-state index in [2.05, 4.69) is 0 Å². The molecule has 0 fully saturated rings. The predicted molar refractivity (Wildman–Crippen MR) is 322 cm³/mol. The minimum atomic E-state index is -0.888. The molecule has 21 heteroatoms. The Morgan fingerprint density at radius 3 is 1.10 bits per heavy atom. The van der Waals surface area contributed by atoms with E-state index in [4.69, 9.17) is 36.9 Å². The van der Waals surface area contributed by atoms with Crippen molar-refractivity contribution in [2.45, 2.75) is 132 Å². The smallest absolute Gasteiger partial charge is 0.239 e. The summed E-state index contributed by atoms with van der Waals surface area (Å²) in [6, 6.07) is 20.3. The molecule has 0 atom stereocenters. The Balaban J connectivity index is 0.000000201. The number of hydrogen-bond donors (Lipinski definition) is 10. The summed E-state index contributed by atoms with van der Waals surface area (Å²) in [4.78, 5) is 38.6. The summed E-state index contributed by atoms with van der Waals surface area (Å²) >= 11 is 0. The van der Waals surface area contributed by atoms with Crippen LogP contribution in [0.3, 0.4) is 0 Å². The molecule has 0 aliphatic heterocycles. The lowest BCUT2D eigenvalue weighted by Gasteiger charge is -2.28. The van der Waals surface area contributed by atoms with Gasteiger partial charge < -0.3 is 88.0 Å². The molecular weight excluding hydrogens is 1120 g/mol. The van der Waals surface area contributed by atoms with Gasteiger partial charge in [-0.1, -0.05) is 0 Å². The van der Waals surface area contributed by atoms with Crippen molar-refractivity contribution in [1.82, 2.24) is 0 Å². The van der Waals surface area contributed by atoms with Gasteiger partial charge in [-0.3, -0.25) is 14.4 Å². The van der Waals surface area contributed by atoms with Gasteiger partial charge in [0.2, 0.25) is 33.5 Å². The summed E-state index contributed by atoms with van der Waals surface area (Å²) in [5, 5.41) is 95.6. The molecule has 456 valence electrons. The first-order valence-electron chi connectivity index (χ1n) is 26.8. The number of fused-ring (bicyclic) bond motifs is 3. The van der Waals surface area contributed by atoms with Crippen molar-refractivity contribution in [3.63, 3.8) is 0 Å². The normalized spacial score (nSPS) is 12.0. The first kappa shape index (κ1) is 63.5. The molecule has 0 radical (unpaired) electrons. The number of phenols is 8. The fraction of sp³-hybridized carbons (Fsp3) is 0.308. The standard InChI is InChI=1S/C35H50O7.2C15H10O7/c1-31(2,3)38-22-19-25-27(26(20-22)41-34(10,11)12)28(36)30(42-35(13,14)15)29(37-25)21-16-17-23(39-32(4,5)6)24(18-21)40-33(7,8)9;2*16-7-4-10(19)12-11(5-7)22-15(14(21)13(12)20)6-1-2-8(17)9(18)3-6/h16-20H,1-15H3;2*1-5,16-19,21H. The Morgan fingerprint density at radius 1 is 0.314 bits per heavy atom. The van der Waals surface area contributed by atoms with E-state index in [-0.39, 0.29) is 89.9 Å². The molecule has 10 N–H and O–H groups in total. The van der Waals surface area contributed by atoms with Crippen molar-refractivity contribution >= 4 is 32.9 Å². The van der Waals surface area contributed by atoms with Crippen LogP contribution in [0.2, 0.25) is 0 Å². The highest BCUT2D eigenvalue weighted by Crippen LogP contribution is 2.44. The first-order chi connectivity index (χ1) is 39.6. The van der Waals surface area contributed by atoms with E-state index in [9.17, 15) is 65.4 Å². The van der Waals surface area contributed by atoms with Gasteiger partial charge in [0.25, 0.3) is 0 Å². The minimum Gasteiger partial charge on any atom is -0.508 e. The second-order valence-corrected chi connectivity index (χ2v) is 24.9. The van der Waals surface area contributed by atoms with Crippen LogP contribution < -0.4 is 40.0 Å². The van der Waals surface area contributed by atoms with Crippen molar-refractivity contribution in [2.24, 2.45) is 0 Å². The molecule has 0 aliphatic rings. The van der Waals surface area contributed by atoms with Crippen LogP contribution in [-0.4, -0.2) is 79.1 Å². The van der Waals surface area contributed by atoms with Gasteiger partial charge in [0.05, 0.1) is 0 Å². The predicted octanol–water partition coefficient (Wildman–Crippen LogP) is 13.3. The van der Waals surface area contributed by atoms with Crippen molar-refractivity contribution in [1.29, 1.82) is 0 Å². The van der Waals surface area contributed by atoms with Crippen molar-refractivity contribution in [3.8, 4) is 120 Å². The third-order valence-electron chi connectivity index (χ3n) is 11.5. The van der Waals surface area contributed by atoms with E-state index < -0.39 is 73.4 Å². The highest BCUT2D eigenvalue weighted by atomic mass is 16.5. The molecule has 21 nitrogen and oxygen atoms in total. The summed E-state index contributed by atoms with van der Waals surface area (Å²) in [5.41, 5.74) is -3.87. The van der Waals surface area contributed by atoms with Gasteiger partial charge in [0, 0.05) is 53.1 Å². The Hall–Kier alpha value is -10.1. The minimum absolute atomic E-state index is 0.0875. The molecule has 9 aromatic rings. The molecule has 3 heterocycles. The molecule has 0 spiro atoms. The highest BCUT2D eigenvalue weighted by molar-refractivity contribution is 5.91. The zero-order chi connectivity index (χ0) is 64.1. The topological polar surface area (TPSA) is 339 Å². The number of aromatic hydroxyl groups is 10. The molecule has 0 saturated heterocycles. The largest absolute Gasteiger partial charge is 0.508 e. The van der Waals surface area contributed by atoms with Gasteiger partial charge >= 0.3 is 0 Å². The molecule has 0 saturated carbocycles. The van der Waals surface area contributed by atoms with Crippen LogP contribution in [-0.2, 0) is 0 Å². The quantitative estimate of drug-likeness (QED) is 0.0632. The van der Waals surface area contributed by atoms with Crippen LogP contribution in [0.25, 0.3) is 66.9 Å². The third kappa shape index (κ3) is 15.0. The molecule has 9 rings (SSSR count). The lowest BCUT2D eigenvalue weighted by atomic mass is 10.1. The Labute approximate surface area is 492 Å². The average molecular weight is 1190 g/mol. The van der Waals surface area contributed by atoms with E-state index in [0.29, 0.717) is 34.1 Å². The van der Waals surface area contributed by atoms with Crippen LogP contribution >= 0.6 is 0 Å². The van der Waals surface area contributed by atoms with Gasteiger partial charge in [-0.2, -0.15) is 0 Å². The fourth-order valence-electron chi connectivity index (χ4n) is 8.40. The second kappa shape index (κ2) is 23.2. The number of ether oxygens (including phenoxy) is 5. The summed E-state index contributed by atoms with van der Waals surface area (Å²) in [6.45, 7) is 29.2. The van der Waals surface area contributed by atoms with Crippen LogP contribution in [0.5, 0.6) is 86.2 Å². The summed E-state index contributed by atoms with van der Waals surface area (Å²) < 4.78 is 48.6. The SMILES string of the molecule is CC(C)(C)Oc1cc(OC(C)(C)C)c2c(=O)c(OC(C)(C)C)c(-c3ccc(OC(C)(C)C)c(OC(C)(C)C)c3)oc2c1.O=c1c(O)c(-c2ccc(O)c(O)c2)oc2cc(O)cc(O)c12.O=c1c(O)c(-c2ccc(O)c(O)c2)oc2cc(O)cc(O)c12. The fourth-order valence-corrected chi connectivity index (χ4v) is 8.40. The third-order valence-corrected chi connectivity index (χ3v) is 11.5. The maximum Gasteiger partial charge on any atom is 0.239 e. The first-order valence-corrected chi connectivity index (χ1v) is 26.8. The lowest BCUT2D eigenvalue weighted by Crippen LogP contribution is -2.28.